The van der Waals surface area contributed by atoms with Crippen LogP contribution in [0.1, 0.15) is 11.1 Å². The van der Waals surface area contributed by atoms with Gasteiger partial charge in [-0.25, -0.2) is 0 Å². The summed E-state index contributed by atoms with van der Waals surface area (Å²) in [6, 6.07) is 18.5. The van der Waals surface area contributed by atoms with E-state index in [1.54, 1.807) is 18.9 Å². The minimum absolute atomic E-state index is 0.854. The lowest BCUT2D eigenvalue weighted by Crippen LogP contribution is -2.21. The van der Waals surface area contributed by atoms with Gasteiger partial charge in [0, 0.05) is 12.3 Å². The molecule has 0 spiro atoms. The summed E-state index contributed by atoms with van der Waals surface area (Å²) in [6.07, 6.45) is 0.954. The summed E-state index contributed by atoms with van der Waals surface area (Å²) in [7, 11) is 1.68. The molecule has 0 unspecified atom stereocenters. The molecule has 0 radical (unpaired) electrons. The molecular weight excluding hydrogens is 298 g/mol. The fourth-order valence-electron chi connectivity index (χ4n) is 1.88. The number of rotatable bonds is 6. The fraction of sp³-hybridized carbons (Fsp3) is 0.235. The maximum absolute atomic E-state index is 5.34. The van der Waals surface area contributed by atoms with Gasteiger partial charge in [0.15, 0.2) is 0 Å². The van der Waals surface area contributed by atoms with Crippen LogP contribution in [-0.2, 0) is 12.2 Å². The van der Waals surface area contributed by atoms with Gasteiger partial charge >= 0.3 is 0 Å². The molecule has 0 bridgehead atoms. The maximum Gasteiger partial charge on any atom is 0.134 e. The molecule has 2 aromatic carbocycles. The minimum atomic E-state index is 0.854. The van der Waals surface area contributed by atoms with E-state index >= 15 is 0 Å². The summed E-state index contributed by atoms with van der Waals surface area (Å²) in [5.74, 6) is 1.80. The fourth-order valence-corrected chi connectivity index (χ4v) is 2.85. The van der Waals surface area contributed by atoms with Crippen LogP contribution in [0.15, 0.2) is 54.6 Å². The second-order valence-electron chi connectivity index (χ2n) is 4.59. The Morgan fingerprint density at radius 3 is 2.43 bits per heavy atom. The zero-order valence-corrected chi connectivity index (χ0v) is 13.7. The van der Waals surface area contributed by atoms with Gasteiger partial charge < -0.3 is 10.1 Å². The van der Waals surface area contributed by atoms with Crippen molar-refractivity contribution >= 4 is 28.3 Å². The van der Waals surface area contributed by atoms with Gasteiger partial charge in [-0.15, -0.1) is 0 Å². The summed E-state index contributed by atoms with van der Waals surface area (Å²) in [5.41, 5.74) is 2.57. The third kappa shape index (κ3) is 5.78. The molecule has 0 aromatic heterocycles. The van der Waals surface area contributed by atoms with E-state index in [0.29, 0.717) is 0 Å². The topological polar surface area (TPSA) is 21.3 Å². The Kier molecular flexibility index (Phi) is 6.57. The summed E-state index contributed by atoms with van der Waals surface area (Å²) in [5, 5.41) is 3.29. The summed E-state index contributed by atoms with van der Waals surface area (Å²) < 4.78 is 6.00. The number of thiocarbonyl (C=S) groups is 1. The molecule has 2 aromatic rings. The van der Waals surface area contributed by atoms with Gasteiger partial charge in [0.25, 0.3) is 0 Å². The summed E-state index contributed by atoms with van der Waals surface area (Å²) in [4.78, 5) is 0. The van der Waals surface area contributed by atoms with Crippen LogP contribution in [0.3, 0.4) is 0 Å². The van der Waals surface area contributed by atoms with Crippen molar-refractivity contribution in [3.8, 4) is 5.75 Å². The second-order valence-corrected chi connectivity index (χ2v) is 6.24. The predicted molar refractivity (Wildman–Crippen MR) is 95.0 cm³/mol. The Hall–Kier alpha value is -1.52. The molecule has 0 aliphatic heterocycles. The van der Waals surface area contributed by atoms with Crippen molar-refractivity contribution in [2.75, 3.05) is 13.7 Å². The smallest absolute Gasteiger partial charge is 0.134 e. The van der Waals surface area contributed by atoms with E-state index < -0.39 is 0 Å². The summed E-state index contributed by atoms with van der Waals surface area (Å²) >= 11 is 7.01. The van der Waals surface area contributed by atoms with E-state index in [0.717, 1.165) is 28.8 Å². The first-order valence-electron chi connectivity index (χ1n) is 6.85. The van der Waals surface area contributed by atoms with E-state index in [2.05, 4.69) is 41.7 Å². The molecule has 110 valence electrons. The number of ether oxygens (including phenoxy) is 1. The van der Waals surface area contributed by atoms with Crippen molar-refractivity contribution < 1.29 is 4.74 Å². The van der Waals surface area contributed by atoms with E-state index in [1.807, 2.05) is 18.2 Å². The molecular formula is C17H19NOS2. The van der Waals surface area contributed by atoms with Gasteiger partial charge in [-0.05, 0) is 29.7 Å². The van der Waals surface area contributed by atoms with E-state index in [4.69, 9.17) is 17.0 Å². The highest BCUT2D eigenvalue weighted by Crippen LogP contribution is 2.13. The predicted octanol–water partition coefficient (Wildman–Crippen LogP) is 4.05. The van der Waals surface area contributed by atoms with Crippen LogP contribution < -0.4 is 10.1 Å². The number of benzene rings is 2. The van der Waals surface area contributed by atoms with Crippen molar-refractivity contribution in [2.45, 2.75) is 12.2 Å². The van der Waals surface area contributed by atoms with E-state index in [-0.39, 0.29) is 0 Å². The average molecular weight is 317 g/mol. The Morgan fingerprint density at radius 1 is 1.05 bits per heavy atom. The minimum Gasteiger partial charge on any atom is -0.497 e. The largest absolute Gasteiger partial charge is 0.497 e. The van der Waals surface area contributed by atoms with Gasteiger partial charge in [0.2, 0.25) is 0 Å². The van der Waals surface area contributed by atoms with E-state index in [1.165, 1.54) is 11.1 Å². The van der Waals surface area contributed by atoms with Crippen LogP contribution in [0.5, 0.6) is 5.75 Å². The van der Waals surface area contributed by atoms with Crippen LogP contribution in [0.25, 0.3) is 0 Å². The maximum atomic E-state index is 5.34. The van der Waals surface area contributed by atoms with Crippen LogP contribution in [0.2, 0.25) is 0 Å². The molecule has 4 heteroatoms. The molecule has 0 aliphatic rings. The molecule has 0 atom stereocenters. The molecule has 0 saturated heterocycles. The summed E-state index contributed by atoms with van der Waals surface area (Å²) in [6.45, 7) is 0.854. The van der Waals surface area contributed by atoms with Gasteiger partial charge in [0.1, 0.15) is 10.1 Å². The average Bonchev–Trinajstić information content (AvgIpc) is 2.54. The lowest BCUT2D eigenvalue weighted by Gasteiger charge is -2.08. The highest BCUT2D eigenvalue weighted by atomic mass is 32.2. The number of hydrogen-bond acceptors (Lipinski definition) is 3. The molecule has 2 rings (SSSR count). The third-order valence-electron chi connectivity index (χ3n) is 3.05. The molecule has 0 heterocycles. The Labute approximate surface area is 135 Å². The standard InChI is InChI=1S/C17H19NOS2/c1-19-16-9-7-14(8-10-16)11-12-18-17(20)21-13-15-5-3-2-4-6-15/h2-10H,11-13H2,1H3,(H,18,20). The molecule has 21 heavy (non-hydrogen) atoms. The van der Waals surface area contributed by atoms with Crippen molar-refractivity contribution in [2.24, 2.45) is 0 Å². The van der Waals surface area contributed by atoms with Crippen molar-refractivity contribution in [1.29, 1.82) is 0 Å². The Bertz CT molecular complexity index is 555. The first-order chi connectivity index (χ1) is 10.3. The van der Waals surface area contributed by atoms with E-state index in [9.17, 15) is 0 Å². The molecule has 1 N–H and O–H groups in total. The molecule has 0 aliphatic carbocycles. The molecule has 0 fully saturated rings. The van der Waals surface area contributed by atoms with Gasteiger partial charge in [-0.1, -0.05) is 66.4 Å². The lowest BCUT2D eigenvalue weighted by atomic mass is 10.1. The van der Waals surface area contributed by atoms with Crippen molar-refractivity contribution in [3.63, 3.8) is 0 Å². The third-order valence-corrected chi connectivity index (χ3v) is 4.44. The number of hydrogen-bond donors (Lipinski definition) is 1. The quantitative estimate of drug-likeness (QED) is 0.811. The highest BCUT2D eigenvalue weighted by Gasteiger charge is 1.99. The molecule has 2 nitrogen and oxygen atoms in total. The van der Waals surface area contributed by atoms with Crippen molar-refractivity contribution in [1.82, 2.24) is 5.32 Å². The SMILES string of the molecule is COc1ccc(CCNC(=S)SCc2ccccc2)cc1. The van der Waals surface area contributed by atoms with Crippen LogP contribution in [0.4, 0.5) is 0 Å². The number of methoxy groups -OCH3 is 1. The van der Waals surface area contributed by atoms with Crippen LogP contribution >= 0.6 is 24.0 Å². The number of nitrogens with one attached hydrogen (secondary N) is 1. The molecule has 0 saturated carbocycles. The van der Waals surface area contributed by atoms with Crippen molar-refractivity contribution in [3.05, 3.63) is 65.7 Å². The number of thioether (sulfide) groups is 1. The zero-order chi connectivity index (χ0) is 14.9. The van der Waals surface area contributed by atoms with Gasteiger partial charge in [0.05, 0.1) is 7.11 Å². The lowest BCUT2D eigenvalue weighted by molar-refractivity contribution is 0.414. The van der Waals surface area contributed by atoms with Gasteiger partial charge in [-0.2, -0.15) is 0 Å². The normalized spacial score (nSPS) is 10.1. The zero-order valence-electron chi connectivity index (χ0n) is 12.0. The van der Waals surface area contributed by atoms with Crippen LogP contribution in [-0.4, -0.2) is 18.0 Å². The highest BCUT2D eigenvalue weighted by molar-refractivity contribution is 8.22. The Morgan fingerprint density at radius 2 is 1.76 bits per heavy atom. The van der Waals surface area contributed by atoms with Gasteiger partial charge in [-0.3, -0.25) is 0 Å². The first kappa shape index (κ1) is 15.9. The second kappa shape index (κ2) is 8.70. The monoisotopic (exact) mass is 317 g/mol. The van der Waals surface area contributed by atoms with Crippen LogP contribution in [0, 0.1) is 0 Å². The Balaban J connectivity index is 1.66. The molecule has 0 amide bonds. The first-order valence-corrected chi connectivity index (χ1v) is 8.25.